The van der Waals surface area contributed by atoms with Gasteiger partial charge in [0.15, 0.2) is 0 Å². The fourth-order valence-corrected chi connectivity index (χ4v) is 1.20. The molecule has 0 unspecified atom stereocenters. The van der Waals surface area contributed by atoms with Crippen LogP contribution in [0.4, 0.5) is 0 Å². The van der Waals surface area contributed by atoms with Gasteiger partial charge >= 0.3 is 5.97 Å². The molecule has 0 amide bonds. The molecule has 0 atom stereocenters. The number of halogens is 1. The molecule has 1 aromatic carbocycles. The summed E-state index contributed by atoms with van der Waals surface area (Å²) in [4.78, 5) is 10.7. The number of aromatic carboxylic acids is 1. The molecule has 15 heavy (non-hydrogen) atoms. The first-order valence-corrected chi connectivity index (χ1v) is 5.27. The van der Waals surface area contributed by atoms with E-state index in [0.29, 0.717) is 16.6 Å². The number of methoxy groups -OCH3 is 1. The van der Waals surface area contributed by atoms with Gasteiger partial charge in [-0.15, -0.1) is 0 Å². The predicted molar refractivity (Wildman–Crippen MR) is 60.6 cm³/mol. The van der Waals surface area contributed by atoms with E-state index in [1.807, 2.05) is 0 Å². The van der Waals surface area contributed by atoms with Crippen molar-refractivity contribution in [3.63, 3.8) is 0 Å². The first-order valence-electron chi connectivity index (χ1n) is 4.15. The minimum Gasteiger partial charge on any atom is -0.495 e. The molecule has 1 aromatic rings. The minimum absolute atomic E-state index is 0.191. The molecule has 0 fully saturated rings. The number of benzene rings is 1. The molecule has 0 spiro atoms. The maximum atomic E-state index is 10.7. The topological polar surface area (TPSA) is 46.5 Å². The Kier molecular flexibility index (Phi) is 4.19. The summed E-state index contributed by atoms with van der Waals surface area (Å²) >= 11 is 3.18. The Morgan fingerprint density at radius 2 is 2.33 bits per heavy atom. The van der Waals surface area contributed by atoms with Crippen LogP contribution in [0.25, 0.3) is 0 Å². The molecular weight excluding hydrogens is 260 g/mol. The Labute approximate surface area is 96.2 Å². The summed E-state index contributed by atoms with van der Waals surface area (Å²) in [5.41, 5.74) is 0.873. The highest BCUT2D eigenvalue weighted by atomic mass is 79.9. The molecule has 0 aromatic heterocycles. The Hall–Kier alpha value is -1.47. The normalized spacial score (nSPS) is 8.93. The summed E-state index contributed by atoms with van der Waals surface area (Å²) in [6.45, 7) is 0. The lowest BCUT2D eigenvalue weighted by molar-refractivity contribution is 0.0696. The van der Waals surface area contributed by atoms with Gasteiger partial charge in [-0.3, -0.25) is 0 Å². The first kappa shape index (κ1) is 11.6. The zero-order valence-electron chi connectivity index (χ0n) is 8.08. The molecule has 0 saturated carbocycles. The third-order valence-corrected chi connectivity index (χ3v) is 2.02. The average molecular weight is 269 g/mol. The van der Waals surface area contributed by atoms with Crippen LogP contribution in [-0.2, 0) is 0 Å². The number of carboxylic acids is 1. The van der Waals surface area contributed by atoms with Gasteiger partial charge in [0.1, 0.15) is 5.75 Å². The second-order valence-electron chi connectivity index (χ2n) is 2.66. The second-order valence-corrected chi connectivity index (χ2v) is 3.22. The molecule has 1 N–H and O–H groups in total. The third kappa shape index (κ3) is 3.00. The van der Waals surface area contributed by atoms with Crippen molar-refractivity contribution >= 4 is 21.9 Å². The third-order valence-electron chi connectivity index (χ3n) is 1.74. The smallest absolute Gasteiger partial charge is 0.335 e. The highest BCUT2D eigenvalue weighted by Crippen LogP contribution is 2.19. The molecule has 0 bridgehead atoms. The molecule has 0 aliphatic rings. The van der Waals surface area contributed by atoms with Crippen LogP contribution in [0.15, 0.2) is 18.2 Å². The van der Waals surface area contributed by atoms with Crippen molar-refractivity contribution in [3.05, 3.63) is 29.3 Å². The van der Waals surface area contributed by atoms with E-state index in [-0.39, 0.29) is 5.56 Å². The molecule has 3 nitrogen and oxygen atoms in total. The van der Waals surface area contributed by atoms with Crippen molar-refractivity contribution in [2.45, 2.75) is 0 Å². The van der Waals surface area contributed by atoms with E-state index in [0.717, 1.165) is 0 Å². The van der Waals surface area contributed by atoms with E-state index >= 15 is 0 Å². The number of carbonyl (C=O) groups is 1. The maximum absolute atomic E-state index is 10.7. The Balaban J connectivity index is 3.14. The van der Waals surface area contributed by atoms with E-state index in [9.17, 15) is 4.79 Å². The van der Waals surface area contributed by atoms with E-state index in [1.54, 1.807) is 6.07 Å². The monoisotopic (exact) mass is 268 g/mol. The summed E-state index contributed by atoms with van der Waals surface area (Å²) in [7, 11) is 1.49. The highest BCUT2D eigenvalue weighted by Gasteiger charge is 2.06. The van der Waals surface area contributed by atoms with E-state index in [1.165, 1.54) is 19.2 Å². The summed E-state index contributed by atoms with van der Waals surface area (Å²) in [6, 6.07) is 4.60. The van der Waals surface area contributed by atoms with Gasteiger partial charge in [0.25, 0.3) is 0 Å². The number of ether oxygens (including phenoxy) is 1. The van der Waals surface area contributed by atoms with Crippen LogP contribution >= 0.6 is 15.9 Å². The second kappa shape index (κ2) is 5.42. The summed E-state index contributed by atoms with van der Waals surface area (Å²) < 4.78 is 5.05. The van der Waals surface area contributed by atoms with Crippen LogP contribution in [0.1, 0.15) is 15.9 Å². The van der Waals surface area contributed by atoms with Crippen molar-refractivity contribution in [1.82, 2.24) is 0 Å². The van der Waals surface area contributed by atoms with Gasteiger partial charge < -0.3 is 9.84 Å². The van der Waals surface area contributed by atoms with E-state index in [2.05, 4.69) is 27.8 Å². The Morgan fingerprint density at radius 3 is 2.87 bits per heavy atom. The number of hydrogen-bond acceptors (Lipinski definition) is 2. The van der Waals surface area contributed by atoms with Crippen LogP contribution in [0, 0.1) is 11.8 Å². The number of alkyl halides is 1. The minimum atomic E-state index is -0.978. The summed E-state index contributed by atoms with van der Waals surface area (Å²) in [5, 5.41) is 9.34. The molecule has 1 rings (SSSR count). The van der Waals surface area contributed by atoms with Crippen LogP contribution in [0.5, 0.6) is 5.75 Å². The van der Waals surface area contributed by atoms with Crippen LogP contribution in [-0.4, -0.2) is 23.5 Å². The van der Waals surface area contributed by atoms with Gasteiger partial charge in [-0.05, 0) is 18.2 Å². The fourth-order valence-electron chi connectivity index (χ4n) is 1.06. The first-order chi connectivity index (χ1) is 7.19. The van der Waals surface area contributed by atoms with Crippen molar-refractivity contribution in [2.75, 3.05) is 12.4 Å². The number of hydrogen-bond donors (Lipinski definition) is 1. The van der Waals surface area contributed by atoms with E-state index < -0.39 is 5.97 Å². The molecule has 78 valence electrons. The number of carboxylic acid groups (broad SMARTS) is 1. The van der Waals surface area contributed by atoms with Gasteiger partial charge in [0, 0.05) is 0 Å². The van der Waals surface area contributed by atoms with Gasteiger partial charge in [-0.25, -0.2) is 4.79 Å². The molecular formula is C11H9BrO3. The van der Waals surface area contributed by atoms with Crippen LogP contribution in [0.3, 0.4) is 0 Å². The van der Waals surface area contributed by atoms with Crippen LogP contribution < -0.4 is 4.74 Å². The largest absolute Gasteiger partial charge is 0.495 e. The molecule has 0 radical (unpaired) electrons. The van der Waals surface area contributed by atoms with Gasteiger partial charge in [0.05, 0.1) is 23.6 Å². The van der Waals surface area contributed by atoms with Gasteiger partial charge in [-0.2, -0.15) is 0 Å². The molecule has 0 aliphatic heterocycles. The van der Waals surface area contributed by atoms with Crippen molar-refractivity contribution in [1.29, 1.82) is 0 Å². The lowest BCUT2D eigenvalue weighted by atomic mass is 10.1. The maximum Gasteiger partial charge on any atom is 0.335 e. The lowest BCUT2D eigenvalue weighted by Crippen LogP contribution is -1.98. The SMILES string of the molecule is COc1cc(C(=O)O)ccc1C#CCBr. The molecule has 0 heterocycles. The van der Waals surface area contributed by atoms with Crippen molar-refractivity contribution < 1.29 is 14.6 Å². The molecule has 0 saturated heterocycles. The lowest BCUT2D eigenvalue weighted by Gasteiger charge is -2.03. The van der Waals surface area contributed by atoms with Crippen molar-refractivity contribution in [3.8, 4) is 17.6 Å². The zero-order valence-corrected chi connectivity index (χ0v) is 9.67. The van der Waals surface area contributed by atoms with Crippen LogP contribution in [0.2, 0.25) is 0 Å². The predicted octanol–water partition coefficient (Wildman–Crippen LogP) is 2.14. The Morgan fingerprint density at radius 1 is 1.60 bits per heavy atom. The fraction of sp³-hybridized carbons (Fsp3) is 0.182. The summed E-state index contributed by atoms with van der Waals surface area (Å²) in [6.07, 6.45) is 0. The van der Waals surface area contributed by atoms with Crippen molar-refractivity contribution in [2.24, 2.45) is 0 Å². The molecule has 0 aliphatic carbocycles. The highest BCUT2D eigenvalue weighted by molar-refractivity contribution is 9.09. The molecule has 4 heteroatoms. The quantitative estimate of drug-likeness (QED) is 0.661. The number of rotatable bonds is 2. The summed E-state index contributed by atoms with van der Waals surface area (Å²) in [5.74, 6) is 5.19. The van der Waals surface area contributed by atoms with E-state index in [4.69, 9.17) is 9.84 Å². The van der Waals surface area contributed by atoms with Gasteiger partial charge in [0.2, 0.25) is 0 Å². The van der Waals surface area contributed by atoms with Gasteiger partial charge in [-0.1, -0.05) is 27.8 Å². The average Bonchev–Trinajstić information content (AvgIpc) is 2.25. The Bertz CT molecular complexity index is 429. The zero-order chi connectivity index (χ0) is 11.3. The standard InChI is InChI=1S/C11H9BrO3/c1-15-10-7-9(11(13)14)5-4-8(10)3-2-6-12/h4-5,7H,6H2,1H3,(H,13,14).